The molecule has 0 fully saturated rings. The molecule has 5 nitrogen and oxygen atoms in total. The Kier molecular flexibility index (Phi) is 6.00. The van der Waals surface area contributed by atoms with Crippen molar-refractivity contribution in [3.05, 3.63) is 77.4 Å². The molecule has 1 N–H and O–H groups in total. The first-order chi connectivity index (χ1) is 15.0. The van der Waals surface area contributed by atoms with Crippen molar-refractivity contribution in [1.29, 1.82) is 0 Å². The normalized spacial score (nSPS) is 12.4. The molecule has 0 aromatic heterocycles. The summed E-state index contributed by atoms with van der Waals surface area (Å²) in [5.74, 6) is 0.208. The molecule has 6 heteroatoms. The summed E-state index contributed by atoms with van der Waals surface area (Å²) in [6.07, 6.45) is 3.66. The fourth-order valence-electron chi connectivity index (χ4n) is 3.92. The van der Waals surface area contributed by atoms with Gasteiger partial charge < -0.3 is 10.1 Å². The van der Waals surface area contributed by atoms with Crippen molar-refractivity contribution < 1.29 is 14.3 Å². The van der Waals surface area contributed by atoms with Crippen LogP contribution in [0.2, 0.25) is 0 Å². The summed E-state index contributed by atoms with van der Waals surface area (Å²) in [6.45, 7) is 1.56. The quantitative estimate of drug-likeness (QED) is 0.557. The van der Waals surface area contributed by atoms with E-state index in [-0.39, 0.29) is 11.8 Å². The molecular weight excluding hydrogens is 408 g/mol. The van der Waals surface area contributed by atoms with E-state index < -0.39 is 0 Å². The Morgan fingerprint density at radius 3 is 2.42 bits per heavy atom. The van der Waals surface area contributed by atoms with Crippen molar-refractivity contribution in [2.45, 2.75) is 24.7 Å². The topological polar surface area (TPSA) is 58.6 Å². The first kappa shape index (κ1) is 21.0. The third-order valence-corrected chi connectivity index (χ3v) is 6.17. The number of para-hydroxylation sites is 1. The maximum Gasteiger partial charge on any atom is 0.259 e. The lowest BCUT2D eigenvalue weighted by Crippen LogP contribution is -2.24. The number of nitrogens with one attached hydrogen (secondary N) is 1. The smallest absolute Gasteiger partial charge is 0.259 e. The lowest BCUT2D eigenvalue weighted by Gasteiger charge is -2.24. The molecule has 2 amide bonds. The maximum atomic E-state index is 13.0. The molecule has 0 bridgehead atoms. The second-order valence-electron chi connectivity index (χ2n) is 7.35. The highest BCUT2D eigenvalue weighted by Crippen LogP contribution is 2.37. The average molecular weight is 433 g/mol. The monoisotopic (exact) mass is 432 g/mol. The van der Waals surface area contributed by atoms with Crippen molar-refractivity contribution in [3.8, 4) is 5.75 Å². The van der Waals surface area contributed by atoms with E-state index in [1.54, 1.807) is 36.8 Å². The lowest BCUT2D eigenvalue weighted by atomic mass is 10.0. The number of aryl methyl sites for hydroxylation is 2. The Morgan fingerprint density at radius 1 is 0.968 bits per heavy atom. The minimum atomic E-state index is -0.257. The van der Waals surface area contributed by atoms with E-state index in [2.05, 4.69) is 11.4 Å². The molecule has 0 spiro atoms. The molecule has 4 rings (SSSR count). The number of hydrogen-bond acceptors (Lipinski definition) is 4. The number of carbonyl (C=O) groups excluding carboxylic acids is 2. The van der Waals surface area contributed by atoms with Crippen molar-refractivity contribution in [2.24, 2.45) is 0 Å². The molecule has 0 radical (unpaired) electrons. The van der Waals surface area contributed by atoms with Crippen LogP contribution in [0.4, 0.5) is 17.1 Å². The first-order valence-electron chi connectivity index (χ1n) is 10.1. The number of hydrogen-bond donors (Lipinski definition) is 1. The van der Waals surface area contributed by atoms with E-state index in [9.17, 15) is 9.59 Å². The molecule has 1 aliphatic rings. The third-order valence-electron chi connectivity index (χ3n) is 5.45. The van der Waals surface area contributed by atoms with Gasteiger partial charge in [-0.2, -0.15) is 0 Å². The number of methoxy groups -OCH3 is 1. The summed E-state index contributed by atoms with van der Waals surface area (Å²) >= 11 is 1.59. The number of carbonyl (C=O) groups is 2. The predicted molar refractivity (Wildman–Crippen MR) is 126 cm³/mol. The average Bonchev–Trinajstić information content (AvgIpc) is 2.95. The van der Waals surface area contributed by atoms with Crippen LogP contribution in [0, 0.1) is 0 Å². The highest BCUT2D eigenvalue weighted by Gasteiger charge is 2.24. The van der Waals surface area contributed by atoms with Gasteiger partial charge in [0.15, 0.2) is 0 Å². The van der Waals surface area contributed by atoms with Crippen molar-refractivity contribution in [3.63, 3.8) is 0 Å². The van der Waals surface area contributed by atoms with Gasteiger partial charge in [0.1, 0.15) is 5.75 Å². The third kappa shape index (κ3) is 4.16. The van der Waals surface area contributed by atoms with Crippen LogP contribution in [0.15, 0.2) is 65.6 Å². The van der Waals surface area contributed by atoms with Crippen molar-refractivity contribution in [2.75, 3.05) is 23.6 Å². The number of ether oxygens (including phenoxy) is 1. The van der Waals surface area contributed by atoms with Gasteiger partial charge >= 0.3 is 0 Å². The molecular formula is C25H24N2O3S. The number of benzene rings is 3. The van der Waals surface area contributed by atoms with Crippen LogP contribution >= 0.6 is 11.8 Å². The molecule has 0 atom stereocenters. The minimum absolute atomic E-state index is 0.0617. The van der Waals surface area contributed by atoms with Gasteiger partial charge in [-0.25, -0.2) is 0 Å². The number of nitrogens with zero attached hydrogens (tertiary/aromatic N) is 1. The van der Waals surface area contributed by atoms with E-state index >= 15 is 0 Å². The number of fused-ring (bicyclic) bond motifs is 2. The van der Waals surface area contributed by atoms with Crippen molar-refractivity contribution in [1.82, 2.24) is 0 Å². The van der Waals surface area contributed by atoms with E-state index in [4.69, 9.17) is 4.74 Å². The molecule has 0 saturated heterocycles. The Hall–Kier alpha value is -3.25. The SMILES string of the molecule is COc1cc(SC)ccc1C(=O)Nc1ccc2c(c1)N(C(C)=O)c1ccccc1CC2. The van der Waals surface area contributed by atoms with Gasteiger partial charge in [-0.3, -0.25) is 14.5 Å². The first-order valence-corrected chi connectivity index (χ1v) is 11.3. The maximum absolute atomic E-state index is 13.0. The molecule has 0 unspecified atom stereocenters. The lowest BCUT2D eigenvalue weighted by molar-refractivity contribution is -0.115. The summed E-state index contributed by atoms with van der Waals surface area (Å²) in [5, 5.41) is 2.96. The summed E-state index contributed by atoms with van der Waals surface area (Å²) < 4.78 is 5.41. The Bertz CT molecular complexity index is 1160. The van der Waals surface area contributed by atoms with Gasteiger partial charge in [-0.1, -0.05) is 24.3 Å². The van der Waals surface area contributed by atoms with Gasteiger partial charge in [0.25, 0.3) is 5.91 Å². The number of thioether (sulfide) groups is 1. The molecule has 0 aliphatic carbocycles. The molecule has 158 valence electrons. The van der Waals surface area contributed by atoms with Crippen LogP contribution < -0.4 is 15.0 Å². The highest BCUT2D eigenvalue weighted by atomic mass is 32.2. The second kappa shape index (κ2) is 8.86. The zero-order valence-corrected chi connectivity index (χ0v) is 18.6. The molecule has 1 aliphatic heterocycles. The molecule has 3 aromatic carbocycles. The van der Waals surface area contributed by atoms with Gasteiger partial charge in [0.05, 0.1) is 24.0 Å². The molecule has 0 saturated carbocycles. The van der Waals surface area contributed by atoms with Gasteiger partial charge in [-0.05, 0) is 66.6 Å². The minimum Gasteiger partial charge on any atom is -0.496 e. The summed E-state index contributed by atoms with van der Waals surface area (Å²) in [5.41, 5.74) is 5.00. The van der Waals surface area contributed by atoms with Crippen LogP contribution in [0.25, 0.3) is 0 Å². The zero-order valence-electron chi connectivity index (χ0n) is 17.8. The van der Waals surface area contributed by atoms with Crippen LogP contribution in [0.5, 0.6) is 5.75 Å². The van der Waals surface area contributed by atoms with Gasteiger partial charge in [0, 0.05) is 17.5 Å². The number of amides is 2. The van der Waals surface area contributed by atoms with Crippen LogP contribution in [0.1, 0.15) is 28.4 Å². The Labute approximate surface area is 186 Å². The molecule has 3 aromatic rings. The predicted octanol–water partition coefficient (Wildman–Crippen LogP) is 5.45. The number of rotatable bonds is 4. The van der Waals surface area contributed by atoms with Gasteiger partial charge in [0.2, 0.25) is 5.91 Å². The van der Waals surface area contributed by atoms with Crippen LogP contribution in [0.3, 0.4) is 0 Å². The van der Waals surface area contributed by atoms with Gasteiger partial charge in [-0.15, -0.1) is 11.8 Å². The standard InChI is InChI=1S/C25H24N2O3S/c1-16(28)27-22-7-5-4-6-17(22)8-9-18-10-11-19(14-23(18)27)26-25(29)21-13-12-20(31-3)15-24(21)30-2/h4-7,10-15H,8-9H2,1-3H3,(H,26,29). The Morgan fingerprint density at radius 2 is 1.71 bits per heavy atom. The van der Waals surface area contributed by atoms with E-state index in [0.717, 1.165) is 40.2 Å². The van der Waals surface area contributed by atoms with E-state index in [1.165, 1.54) is 0 Å². The van der Waals surface area contributed by atoms with Crippen molar-refractivity contribution >= 4 is 40.6 Å². The molecule has 1 heterocycles. The van der Waals surface area contributed by atoms with E-state index in [0.29, 0.717) is 17.0 Å². The Balaban J connectivity index is 1.69. The zero-order chi connectivity index (χ0) is 22.0. The summed E-state index contributed by atoms with van der Waals surface area (Å²) in [4.78, 5) is 28.3. The number of anilines is 3. The summed E-state index contributed by atoms with van der Waals surface area (Å²) in [7, 11) is 1.56. The second-order valence-corrected chi connectivity index (χ2v) is 8.23. The summed E-state index contributed by atoms with van der Waals surface area (Å²) in [6, 6.07) is 19.2. The molecule has 31 heavy (non-hydrogen) atoms. The van der Waals surface area contributed by atoms with Crippen LogP contribution in [-0.2, 0) is 17.6 Å². The van der Waals surface area contributed by atoms with E-state index in [1.807, 2.05) is 54.8 Å². The fraction of sp³-hybridized carbons (Fsp3) is 0.200. The largest absolute Gasteiger partial charge is 0.496 e. The fourth-order valence-corrected chi connectivity index (χ4v) is 4.35. The van der Waals surface area contributed by atoms with Crippen LogP contribution in [-0.4, -0.2) is 25.2 Å². The highest BCUT2D eigenvalue weighted by molar-refractivity contribution is 7.98.